The van der Waals surface area contributed by atoms with E-state index in [1.54, 1.807) is 18.2 Å². The second-order valence-electron chi connectivity index (χ2n) is 5.18. The topological polar surface area (TPSA) is 106 Å². The standard InChI is InChI=1S/C16H15Cl2N5O2S/c17-12-2-1-10(14(18)8-12)5-6-20-15-4-3-13(23(24)25)7-11(15)9-21-22-16(19)26/h1-4,7-9,20H,5-6H2,(H3,19,22,26). The fourth-order valence-electron chi connectivity index (χ4n) is 2.15. The summed E-state index contributed by atoms with van der Waals surface area (Å²) in [6, 6.07) is 9.75. The zero-order chi connectivity index (χ0) is 19.1. The van der Waals surface area contributed by atoms with Gasteiger partial charge in [0.05, 0.1) is 11.1 Å². The SMILES string of the molecule is NC(=S)NN=Cc1cc([N+](=O)[O-])ccc1NCCc1ccc(Cl)cc1Cl. The van der Waals surface area contributed by atoms with Crippen LogP contribution in [-0.2, 0) is 6.42 Å². The molecular formula is C16H15Cl2N5O2S. The van der Waals surface area contributed by atoms with Crippen LogP contribution in [0.3, 0.4) is 0 Å². The van der Waals surface area contributed by atoms with Crippen molar-refractivity contribution >= 4 is 58.1 Å². The van der Waals surface area contributed by atoms with Crippen molar-refractivity contribution in [1.82, 2.24) is 5.43 Å². The predicted octanol–water partition coefficient (Wildman–Crippen LogP) is 3.72. The van der Waals surface area contributed by atoms with E-state index in [1.807, 2.05) is 6.07 Å². The van der Waals surface area contributed by atoms with E-state index in [0.29, 0.717) is 34.3 Å². The number of nitrogens with two attached hydrogens (primary N) is 1. The molecule has 10 heteroatoms. The largest absolute Gasteiger partial charge is 0.384 e. The lowest BCUT2D eigenvalue weighted by atomic mass is 10.1. The Morgan fingerprint density at radius 3 is 2.73 bits per heavy atom. The summed E-state index contributed by atoms with van der Waals surface area (Å²) in [7, 11) is 0. The van der Waals surface area contributed by atoms with Gasteiger partial charge < -0.3 is 11.1 Å². The first kappa shape index (κ1) is 19.9. The number of hydrazone groups is 1. The average molecular weight is 412 g/mol. The molecule has 0 aliphatic rings. The third-order valence-corrected chi connectivity index (χ3v) is 4.03. The summed E-state index contributed by atoms with van der Waals surface area (Å²) in [6.45, 7) is 0.558. The number of hydrogen-bond donors (Lipinski definition) is 3. The van der Waals surface area contributed by atoms with Gasteiger partial charge in [-0.15, -0.1) is 0 Å². The highest BCUT2D eigenvalue weighted by molar-refractivity contribution is 7.80. The van der Waals surface area contributed by atoms with Crippen LogP contribution in [0.4, 0.5) is 11.4 Å². The Hall–Kier alpha value is -2.42. The molecule has 0 atom stereocenters. The monoisotopic (exact) mass is 411 g/mol. The molecular weight excluding hydrogens is 397 g/mol. The minimum absolute atomic E-state index is 0.00132. The molecule has 2 aromatic rings. The van der Waals surface area contributed by atoms with Crippen molar-refractivity contribution in [2.45, 2.75) is 6.42 Å². The molecule has 0 fully saturated rings. The van der Waals surface area contributed by atoms with E-state index in [9.17, 15) is 10.1 Å². The third-order valence-electron chi connectivity index (χ3n) is 3.35. The van der Waals surface area contributed by atoms with Crippen molar-refractivity contribution in [3.63, 3.8) is 0 Å². The van der Waals surface area contributed by atoms with Crippen molar-refractivity contribution < 1.29 is 4.92 Å². The highest BCUT2D eigenvalue weighted by atomic mass is 35.5. The number of halogens is 2. The fourth-order valence-corrected chi connectivity index (χ4v) is 2.71. The number of rotatable bonds is 7. The van der Waals surface area contributed by atoms with Gasteiger partial charge >= 0.3 is 0 Å². The molecule has 0 bridgehead atoms. The first-order valence-corrected chi connectivity index (χ1v) is 8.58. The second-order valence-corrected chi connectivity index (χ2v) is 6.46. The van der Waals surface area contributed by atoms with E-state index in [2.05, 4.69) is 28.1 Å². The van der Waals surface area contributed by atoms with Crippen molar-refractivity contribution in [3.05, 3.63) is 67.7 Å². The average Bonchev–Trinajstić information content (AvgIpc) is 2.57. The van der Waals surface area contributed by atoms with Gasteiger partial charge in [-0.1, -0.05) is 29.3 Å². The maximum Gasteiger partial charge on any atom is 0.270 e. The zero-order valence-corrected chi connectivity index (χ0v) is 15.7. The number of nitro groups is 1. The molecule has 0 saturated heterocycles. The molecule has 2 rings (SSSR count). The van der Waals surface area contributed by atoms with Gasteiger partial charge in [0, 0.05) is 40.0 Å². The lowest BCUT2D eigenvalue weighted by Gasteiger charge is -2.10. The number of nitrogens with one attached hydrogen (secondary N) is 2. The normalized spacial score (nSPS) is 10.7. The van der Waals surface area contributed by atoms with Crippen LogP contribution in [0.1, 0.15) is 11.1 Å². The predicted molar refractivity (Wildman–Crippen MR) is 109 cm³/mol. The Morgan fingerprint density at radius 2 is 2.08 bits per heavy atom. The molecule has 4 N–H and O–H groups in total. The van der Waals surface area contributed by atoms with Crippen LogP contribution >= 0.6 is 35.4 Å². The molecule has 0 amide bonds. The number of benzene rings is 2. The smallest absolute Gasteiger partial charge is 0.270 e. The van der Waals surface area contributed by atoms with E-state index in [1.165, 1.54) is 18.3 Å². The van der Waals surface area contributed by atoms with Gasteiger partial charge in [-0.3, -0.25) is 15.5 Å². The van der Waals surface area contributed by atoms with Crippen LogP contribution in [0.15, 0.2) is 41.5 Å². The summed E-state index contributed by atoms with van der Waals surface area (Å²) in [6.07, 6.45) is 2.05. The van der Waals surface area contributed by atoms with Crippen LogP contribution < -0.4 is 16.5 Å². The molecule has 136 valence electrons. The van der Waals surface area contributed by atoms with E-state index < -0.39 is 4.92 Å². The van der Waals surface area contributed by atoms with E-state index in [4.69, 9.17) is 28.9 Å². The van der Waals surface area contributed by atoms with Gasteiger partial charge in [-0.05, 0) is 42.4 Å². The minimum Gasteiger partial charge on any atom is -0.384 e. The highest BCUT2D eigenvalue weighted by Gasteiger charge is 2.10. The zero-order valence-electron chi connectivity index (χ0n) is 13.4. The summed E-state index contributed by atoms with van der Waals surface area (Å²) in [5.41, 5.74) is 9.81. The second kappa shape index (κ2) is 9.33. The van der Waals surface area contributed by atoms with Crippen LogP contribution in [0.5, 0.6) is 0 Å². The van der Waals surface area contributed by atoms with Gasteiger partial charge in [0.1, 0.15) is 0 Å². The van der Waals surface area contributed by atoms with Gasteiger partial charge in [-0.25, -0.2) is 0 Å². The number of non-ortho nitro benzene ring substituents is 1. The van der Waals surface area contributed by atoms with E-state index in [-0.39, 0.29) is 10.8 Å². The first-order chi connectivity index (χ1) is 12.4. The summed E-state index contributed by atoms with van der Waals surface area (Å²) >= 11 is 16.7. The molecule has 0 unspecified atom stereocenters. The Morgan fingerprint density at radius 1 is 1.31 bits per heavy atom. The molecule has 0 aliphatic heterocycles. The van der Waals surface area contributed by atoms with Crippen molar-refractivity contribution in [3.8, 4) is 0 Å². The molecule has 0 heterocycles. The van der Waals surface area contributed by atoms with Gasteiger partial charge in [-0.2, -0.15) is 5.10 Å². The maximum atomic E-state index is 11.0. The van der Waals surface area contributed by atoms with Gasteiger partial charge in [0.15, 0.2) is 5.11 Å². The van der Waals surface area contributed by atoms with Gasteiger partial charge in [0.2, 0.25) is 0 Å². The molecule has 0 spiro atoms. The van der Waals surface area contributed by atoms with E-state index >= 15 is 0 Å². The van der Waals surface area contributed by atoms with Crippen LogP contribution in [0.25, 0.3) is 0 Å². The van der Waals surface area contributed by atoms with Gasteiger partial charge in [0.25, 0.3) is 5.69 Å². The molecule has 0 saturated carbocycles. The Kier molecular flexibility index (Phi) is 7.14. The number of nitro benzene ring substituents is 1. The summed E-state index contributed by atoms with van der Waals surface area (Å²) < 4.78 is 0. The molecule has 26 heavy (non-hydrogen) atoms. The Labute approximate surface area is 165 Å². The quantitative estimate of drug-likeness (QED) is 0.277. The highest BCUT2D eigenvalue weighted by Crippen LogP contribution is 2.23. The maximum absolute atomic E-state index is 11.0. The molecule has 0 aromatic heterocycles. The molecule has 0 radical (unpaired) electrons. The Bertz CT molecular complexity index is 861. The van der Waals surface area contributed by atoms with Crippen molar-refractivity contribution in [2.75, 3.05) is 11.9 Å². The fraction of sp³-hybridized carbons (Fsp3) is 0.125. The van der Waals surface area contributed by atoms with Crippen LogP contribution in [-0.4, -0.2) is 22.8 Å². The number of nitrogens with zero attached hydrogens (tertiary/aromatic N) is 2. The van der Waals surface area contributed by atoms with Crippen LogP contribution in [0, 0.1) is 10.1 Å². The van der Waals surface area contributed by atoms with E-state index in [0.717, 1.165) is 5.56 Å². The van der Waals surface area contributed by atoms with Crippen molar-refractivity contribution in [2.24, 2.45) is 10.8 Å². The lowest BCUT2D eigenvalue weighted by Crippen LogP contribution is -2.24. The van der Waals surface area contributed by atoms with Crippen LogP contribution in [0.2, 0.25) is 10.0 Å². The lowest BCUT2D eigenvalue weighted by molar-refractivity contribution is -0.384. The minimum atomic E-state index is -0.477. The molecule has 7 nitrogen and oxygen atoms in total. The number of hydrogen-bond acceptors (Lipinski definition) is 5. The number of anilines is 1. The third kappa shape index (κ3) is 5.83. The first-order valence-electron chi connectivity index (χ1n) is 7.41. The summed E-state index contributed by atoms with van der Waals surface area (Å²) in [5.74, 6) is 0. The molecule has 0 aliphatic carbocycles. The Balaban J connectivity index is 2.12. The summed E-state index contributed by atoms with van der Waals surface area (Å²) in [4.78, 5) is 10.5. The van der Waals surface area contributed by atoms with Crippen molar-refractivity contribution in [1.29, 1.82) is 0 Å². The number of thiocarbonyl (C=S) groups is 1. The summed E-state index contributed by atoms with van der Waals surface area (Å²) in [5, 5.41) is 19.2. The molecule has 2 aromatic carbocycles.